The highest BCUT2D eigenvalue weighted by atomic mass is 15.1. The van der Waals surface area contributed by atoms with Gasteiger partial charge in [-0.1, -0.05) is 18.9 Å². The zero-order chi connectivity index (χ0) is 15.3. The summed E-state index contributed by atoms with van der Waals surface area (Å²) in [5.74, 6) is 0.903. The minimum absolute atomic E-state index is 0.136. The molecule has 0 aromatic carbocycles. The lowest BCUT2D eigenvalue weighted by Crippen LogP contribution is -2.35. The Morgan fingerprint density at radius 1 is 1.19 bits per heavy atom. The van der Waals surface area contributed by atoms with E-state index < -0.39 is 0 Å². The molecule has 1 heterocycles. The van der Waals surface area contributed by atoms with Crippen molar-refractivity contribution in [3.05, 3.63) is 29.6 Å². The van der Waals surface area contributed by atoms with Crippen molar-refractivity contribution in [2.24, 2.45) is 5.92 Å². The monoisotopic (exact) mass is 289 g/mol. The Bertz CT molecular complexity index is 430. The van der Waals surface area contributed by atoms with Gasteiger partial charge in [0.25, 0.3) is 0 Å². The van der Waals surface area contributed by atoms with E-state index in [1.165, 1.54) is 37.9 Å². The first-order valence-electron chi connectivity index (χ1n) is 8.31. The quantitative estimate of drug-likeness (QED) is 0.867. The van der Waals surface area contributed by atoms with Gasteiger partial charge in [-0.15, -0.1) is 0 Å². The maximum absolute atomic E-state index is 4.79. The normalized spacial score (nSPS) is 16.8. The minimum Gasteiger partial charge on any atom is -0.306 e. The molecule has 0 aliphatic heterocycles. The molecular weight excluding hydrogens is 258 g/mol. The Labute approximate surface area is 130 Å². The number of rotatable bonds is 6. The van der Waals surface area contributed by atoms with Gasteiger partial charge in [0.1, 0.15) is 0 Å². The molecule has 1 aliphatic carbocycles. The summed E-state index contributed by atoms with van der Waals surface area (Å²) in [4.78, 5) is 7.22. The molecule has 1 saturated carbocycles. The van der Waals surface area contributed by atoms with Gasteiger partial charge in [0.15, 0.2) is 0 Å². The van der Waals surface area contributed by atoms with Crippen molar-refractivity contribution < 1.29 is 0 Å². The Morgan fingerprint density at radius 3 is 2.52 bits per heavy atom. The second-order valence-electron chi connectivity index (χ2n) is 7.57. The molecule has 3 heteroatoms. The topological polar surface area (TPSA) is 28.2 Å². The van der Waals surface area contributed by atoms with E-state index in [4.69, 9.17) is 4.98 Å². The molecule has 0 saturated heterocycles. The molecule has 21 heavy (non-hydrogen) atoms. The largest absolute Gasteiger partial charge is 0.306 e. The third-order valence-corrected chi connectivity index (χ3v) is 4.14. The molecule has 1 fully saturated rings. The van der Waals surface area contributed by atoms with Crippen molar-refractivity contribution >= 4 is 0 Å². The zero-order valence-corrected chi connectivity index (χ0v) is 14.2. The van der Waals surface area contributed by atoms with E-state index in [0.29, 0.717) is 0 Å². The lowest BCUT2D eigenvalue weighted by molar-refractivity contribution is 0.268. The van der Waals surface area contributed by atoms with Crippen LogP contribution in [0.1, 0.15) is 57.8 Å². The number of nitrogens with one attached hydrogen (secondary N) is 1. The summed E-state index contributed by atoms with van der Waals surface area (Å²) in [6.45, 7) is 9.57. The number of nitrogens with zero attached hydrogens (tertiary/aromatic N) is 2. The molecule has 2 rings (SSSR count). The summed E-state index contributed by atoms with van der Waals surface area (Å²) in [5, 5.41) is 3.50. The Balaban J connectivity index is 1.84. The van der Waals surface area contributed by atoms with Crippen LogP contribution in [0, 0.1) is 5.92 Å². The molecule has 0 spiro atoms. The van der Waals surface area contributed by atoms with Gasteiger partial charge in [0.05, 0.1) is 11.4 Å². The number of hydrogen-bond donors (Lipinski definition) is 1. The molecule has 118 valence electrons. The van der Waals surface area contributed by atoms with Crippen molar-refractivity contribution in [3.63, 3.8) is 0 Å². The summed E-state index contributed by atoms with van der Waals surface area (Å²) in [5.41, 5.74) is 2.46. The molecule has 1 N–H and O–H groups in total. The maximum Gasteiger partial charge on any atom is 0.0547 e. The van der Waals surface area contributed by atoms with Crippen LogP contribution in [0.25, 0.3) is 0 Å². The number of pyridine rings is 1. The van der Waals surface area contributed by atoms with Crippen LogP contribution in [0.3, 0.4) is 0 Å². The van der Waals surface area contributed by atoms with Crippen molar-refractivity contribution in [3.8, 4) is 0 Å². The molecule has 0 unspecified atom stereocenters. The fourth-order valence-electron chi connectivity index (χ4n) is 3.05. The van der Waals surface area contributed by atoms with Crippen LogP contribution < -0.4 is 5.32 Å². The first-order valence-corrected chi connectivity index (χ1v) is 8.31. The van der Waals surface area contributed by atoms with Gasteiger partial charge in [0, 0.05) is 25.2 Å². The van der Waals surface area contributed by atoms with Crippen LogP contribution in [0.4, 0.5) is 0 Å². The fraction of sp³-hybridized carbons (Fsp3) is 0.722. The fourth-order valence-corrected chi connectivity index (χ4v) is 3.05. The van der Waals surface area contributed by atoms with Gasteiger partial charge in [-0.3, -0.25) is 4.98 Å². The van der Waals surface area contributed by atoms with Crippen molar-refractivity contribution in [2.75, 3.05) is 13.6 Å². The summed E-state index contributed by atoms with van der Waals surface area (Å²) in [6, 6.07) is 6.39. The standard InChI is InChI=1S/C18H31N3/c1-18(2,3)19-12-16-10-7-11-17(20-16)14-21(4)13-15-8-5-6-9-15/h7,10-11,15,19H,5-6,8-9,12-14H2,1-4H3. The van der Waals surface area contributed by atoms with E-state index in [1.54, 1.807) is 0 Å². The molecule has 3 nitrogen and oxygen atoms in total. The molecule has 0 bridgehead atoms. The predicted molar refractivity (Wildman–Crippen MR) is 89.1 cm³/mol. The molecular formula is C18H31N3. The van der Waals surface area contributed by atoms with Crippen LogP contribution in [0.2, 0.25) is 0 Å². The predicted octanol–water partition coefficient (Wildman–Crippen LogP) is 3.59. The van der Waals surface area contributed by atoms with Crippen LogP contribution in [-0.4, -0.2) is 29.0 Å². The molecule has 0 radical (unpaired) electrons. The SMILES string of the molecule is CN(Cc1cccc(CNC(C)(C)C)n1)CC1CCCC1. The minimum atomic E-state index is 0.136. The second-order valence-corrected chi connectivity index (χ2v) is 7.57. The third-order valence-electron chi connectivity index (χ3n) is 4.14. The number of hydrogen-bond acceptors (Lipinski definition) is 3. The van der Waals surface area contributed by atoms with Gasteiger partial charge in [-0.2, -0.15) is 0 Å². The average Bonchev–Trinajstić information content (AvgIpc) is 2.88. The van der Waals surface area contributed by atoms with Crippen molar-refractivity contribution in [1.82, 2.24) is 15.2 Å². The first-order chi connectivity index (χ1) is 9.92. The number of aromatic nitrogens is 1. The van der Waals surface area contributed by atoms with E-state index in [1.807, 2.05) is 0 Å². The summed E-state index contributed by atoms with van der Waals surface area (Å²) >= 11 is 0. The van der Waals surface area contributed by atoms with E-state index in [-0.39, 0.29) is 5.54 Å². The van der Waals surface area contributed by atoms with Gasteiger partial charge in [-0.05, 0) is 58.7 Å². The van der Waals surface area contributed by atoms with Gasteiger partial charge in [-0.25, -0.2) is 0 Å². The van der Waals surface area contributed by atoms with Crippen LogP contribution in [0.15, 0.2) is 18.2 Å². The second kappa shape index (κ2) is 7.37. The van der Waals surface area contributed by atoms with Gasteiger partial charge >= 0.3 is 0 Å². The van der Waals surface area contributed by atoms with Gasteiger partial charge < -0.3 is 10.2 Å². The molecule has 1 aromatic heterocycles. The highest BCUT2D eigenvalue weighted by molar-refractivity contribution is 5.11. The molecule has 1 aromatic rings. The molecule has 0 amide bonds. The maximum atomic E-state index is 4.79. The average molecular weight is 289 g/mol. The lowest BCUT2D eigenvalue weighted by atomic mass is 10.1. The van der Waals surface area contributed by atoms with E-state index in [9.17, 15) is 0 Å². The van der Waals surface area contributed by atoms with E-state index in [2.05, 4.69) is 56.2 Å². The van der Waals surface area contributed by atoms with Gasteiger partial charge in [0.2, 0.25) is 0 Å². The zero-order valence-electron chi connectivity index (χ0n) is 14.2. The molecule has 1 aliphatic rings. The molecule has 0 atom stereocenters. The summed E-state index contributed by atoms with van der Waals surface area (Å²) in [7, 11) is 2.22. The Hall–Kier alpha value is -0.930. The summed E-state index contributed by atoms with van der Waals surface area (Å²) in [6.07, 6.45) is 5.66. The summed E-state index contributed by atoms with van der Waals surface area (Å²) < 4.78 is 0. The van der Waals surface area contributed by atoms with Crippen molar-refractivity contribution in [1.29, 1.82) is 0 Å². The van der Waals surface area contributed by atoms with Crippen LogP contribution >= 0.6 is 0 Å². The Morgan fingerprint density at radius 2 is 1.86 bits per heavy atom. The first kappa shape index (κ1) is 16.4. The smallest absolute Gasteiger partial charge is 0.0547 e. The lowest BCUT2D eigenvalue weighted by Gasteiger charge is -2.22. The van der Waals surface area contributed by atoms with Crippen LogP contribution in [0.5, 0.6) is 0 Å². The highest BCUT2D eigenvalue weighted by Gasteiger charge is 2.17. The highest BCUT2D eigenvalue weighted by Crippen LogP contribution is 2.25. The third kappa shape index (κ3) is 6.15. The van der Waals surface area contributed by atoms with Crippen LogP contribution in [-0.2, 0) is 13.1 Å². The van der Waals surface area contributed by atoms with Crippen molar-refractivity contribution in [2.45, 2.75) is 65.1 Å². The Kier molecular flexibility index (Phi) is 5.77. The van der Waals surface area contributed by atoms with E-state index >= 15 is 0 Å². The van der Waals surface area contributed by atoms with E-state index in [0.717, 1.165) is 24.7 Å².